The molecule has 2 aliphatic heterocycles. The summed E-state index contributed by atoms with van der Waals surface area (Å²) in [5, 5.41) is 13.9. The number of anilines is 1. The van der Waals surface area contributed by atoms with Crippen molar-refractivity contribution in [2.24, 2.45) is 11.0 Å². The molecule has 2 aliphatic rings. The lowest BCUT2D eigenvalue weighted by atomic mass is 10.0. The molecule has 1 fully saturated rings. The third-order valence-electron chi connectivity index (χ3n) is 4.19. The molecule has 1 unspecified atom stereocenters. The number of hydrogen-bond acceptors (Lipinski definition) is 5. The van der Waals surface area contributed by atoms with Gasteiger partial charge in [-0.2, -0.15) is 5.26 Å². The maximum atomic E-state index is 12.3. The van der Waals surface area contributed by atoms with Gasteiger partial charge in [0.25, 0.3) is 0 Å². The zero-order chi connectivity index (χ0) is 15.7. The molecule has 3 rings (SSSR count). The van der Waals surface area contributed by atoms with Crippen molar-refractivity contribution in [3.8, 4) is 6.07 Å². The topological polar surface area (TPSA) is 96.1 Å². The zero-order valence-corrected chi connectivity index (χ0v) is 13.1. The first-order chi connectivity index (χ1) is 10.6. The van der Waals surface area contributed by atoms with Crippen molar-refractivity contribution in [3.63, 3.8) is 0 Å². The van der Waals surface area contributed by atoms with E-state index in [1.807, 2.05) is 0 Å². The molecule has 0 bridgehead atoms. The third kappa shape index (κ3) is 2.55. The van der Waals surface area contributed by atoms with Crippen LogP contribution in [0.1, 0.15) is 22.4 Å². The molecule has 0 aliphatic carbocycles. The van der Waals surface area contributed by atoms with Gasteiger partial charge in [0.15, 0.2) is 0 Å². The Morgan fingerprint density at radius 2 is 2.41 bits per heavy atom. The van der Waals surface area contributed by atoms with Gasteiger partial charge in [-0.1, -0.05) is 5.11 Å². The fourth-order valence-corrected chi connectivity index (χ4v) is 4.48. The lowest BCUT2D eigenvalue weighted by molar-refractivity contribution is -0.117. The first kappa shape index (κ1) is 14.9. The molecule has 1 amide bonds. The normalized spacial score (nSPS) is 21.4. The predicted molar refractivity (Wildman–Crippen MR) is 83.5 cm³/mol. The predicted octanol–water partition coefficient (Wildman–Crippen LogP) is 2.27. The van der Waals surface area contributed by atoms with Gasteiger partial charge >= 0.3 is 0 Å². The van der Waals surface area contributed by atoms with Gasteiger partial charge in [0.05, 0.1) is 5.56 Å². The smallest absolute Gasteiger partial charge is 0.227 e. The largest absolute Gasteiger partial charge is 0.302 e. The molecule has 3 heterocycles. The third-order valence-corrected chi connectivity index (χ3v) is 5.43. The maximum Gasteiger partial charge on any atom is 0.227 e. The van der Waals surface area contributed by atoms with Crippen LogP contribution in [0.25, 0.3) is 10.4 Å². The van der Waals surface area contributed by atoms with Gasteiger partial charge in [0, 0.05) is 42.4 Å². The highest BCUT2D eigenvalue weighted by Crippen LogP contribution is 2.40. The number of rotatable bonds is 3. The van der Waals surface area contributed by atoms with Crippen molar-refractivity contribution < 1.29 is 4.79 Å². The van der Waals surface area contributed by atoms with E-state index >= 15 is 0 Å². The Kier molecular flexibility index (Phi) is 4.03. The highest BCUT2D eigenvalue weighted by atomic mass is 32.1. The van der Waals surface area contributed by atoms with Gasteiger partial charge in [-0.3, -0.25) is 4.79 Å². The van der Waals surface area contributed by atoms with Crippen LogP contribution in [-0.4, -0.2) is 37.5 Å². The lowest BCUT2D eigenvalue weighted by Crippen LogP contribution is -2.26. The van der Waals surface area contributed by atoms with Crippen molar-refractivity contribution in [2.75, 3.05) is 31.6 Å². The summed E-state index contributed by atoms with van der Waals surface area (Å²) in [6.45, 7) is 2.63. The number of carbonyl (C=O) groups is 1. The van der Waals surface area contributed by atoms with Crippen LogP contribution in [0.2, 0.25) is 0 Å². The number of likely N-dealkylation sites (N-methyl/N-ethyl adjacent to an activating group) is 1. The summed E-state index contributed by atoms with van der Waals surface area (Å²) in [6, 6.07) is 2.29. The summed E-state index contributed by atoms with van der Waals surface area (Å²) >= 11 is 1.55. The number of carbonyl (C=O) groups excluding carboxylic acids is 1. The molecule has 7 nitrogen and oxygen atoms in total. The van der Waals surface area contributed by atoms with Crippen LogP contribution in [0, 0.1) is 17.2 Å². The molecule has 1 aromatic heterocycles. The molecular weight excluding hydrogens is 300 g/mol. The average Bonchev–Trinajstić information content (AvgIpc) is 3.04. The minimum atomic E-state index is 0.0154. The van der Waals surface area contributed by atoms with Crippen LogP contribution in [0.4, 0.5) is 5.00 Å². The Labute approximate surface area is 132 Å². The Hall–Kier alpha value is -2.07. The van der Waals surface area contributed by atoms with Crippen LogP contribution in [0.5, 0.6) is 0 Å². The molecule has 114 valence electrons. The lowest BCUT2D eigenvalue weighted by Gasteiger charge is -2.21. The van der Waals surface area contributed by atoms with E-state index < -0.39 is 0 Å². The summed E-state index contributed by atoms with van der Waals surface area (Å²) in [5.74, 6) is 0.0540. The van der Waals surface area contributed by atoms with Gasteiger partial charge < -0.3 is 9.80 Å². The monoisotopic (exact) mass is 316 g/mol. The van der Waals surface area contributed by atoms with E-state index in [1.54, 1.807) is 16.2 Å². The Bertz CT molecular complexity index is 699. The summed E-state index contributed by atoms with van der Waals surface area (Å²) < 4.78 is 0. The Balaban J connectivity index is 1.91. The first-order valence-electron chi connectivity index (χ1n) is 7.18. The summed E-state index contributed by atoms with van der Waals surface area (Å²) in [7, 11) is 2.06. The molecule has 1 aromatic rings. The maximum absolute atomic E-state index is 12.3. The van der Waals surface area contributed by atoms with Crippen molar-refractivity contribution in [2.45, 2.75) is 19.4 Å². The van der Waals surface area contributed by atoms with Crippen LogP contribution < -0.4 is 4.90 Å². The minimum absolute atomic E-state index is 0.0154. The van der Waals surface area contributed by atoms with E-state index in [-0.39, 0.29) is 11.8 Å². The second-order valence-electron chi connectivity index (χ2n) is 5.77. The number of thiophene rings is 1. The van der Waals surface area contributed by atoms with Crippen molar-refractivity contribution >= 4 is 22.2 Å². The van der Waals surface area contributed by atoms with Gasteiger partial charge in [-0.25, -0.2) is 0 Å². The second kappa shape index (κ2) is 5.97. The van der Waals surface area contributed by atoms with E-state index in [0.717, 1.165) is 30.1 Å². The summed E-state index contributed by atoms with van der Waals surface area (Å²) in [4.78, 5) is 20.1. The number of amides is 1. The number of nitriles is 1. The zero-order valence-electron chi connectivity index (χ0n) is 12.3. The van der Waals surface area contributed by atoms with E-state index in [4.69, 9.17) is 5.53 Å². The molecule has 22 heavy (non-hydrogen) atoms. The standard InChI is InChI=1S/C14H16N6OS/c1-19-3-2-10-11(5-15)14(22-12(10)8-19)20-7-9(4-13(20)21)6-17-18-16/h9H,2-4,6-8H2,1H3. The number of nitrogens with zero attached hydrogens (tertiary/aromatic N) is 6. The van der Waals surface area contributed by atoms with Gasteiger partial charge in [0.1, 0.15) is 11.1 Å². The van der Waals surface area contributed by atoms with Gasteiger partial charge in [-0.15, -0.1) is 11.3 Å². The molecule has 8 heteroatoms. The van der Waals surface area contributed by atoms with E-state index in [0.29, 0.717) is 25.1 Å². The number of hydrogen-bond donors (Lipinski definition) is 0. The number of azide groups is 1. The van der Waals surface area contributed by atoms with E-state index in [2.05, 4.69) is 28.0 Å². The number of fused-ring (bicyclic) bond motifs is 1. The van der Waals surface area contributed by atoms with Crippen LogP contribution >= 0.6 is 11.3 Å². The molecule has 1 saturated heterocycles. The highest BCUT2D eigenvalue weighted by molar-refractivity contribution is 7.16. The molecule has 0 radical (unpaired) electrons. The SMILES string of the molecule is CN1CCc2c(sc(N3CC(CN=[N+]=[N-])CC3=O)c2C#N)C1. The molecule has 0 N–H and O–H groups in total. The summed E-state index contributed by atoms with van der Waals surface area (Å²) in [5.41, 5.74) is 10.2. The fourth-order valence-electron chi connectivity index (χ4n) is 3.07. The van der Waals surface area contributed by atoms with Crippen LogP contribution in [-0.2, 0) is 17.8 Å². The minimum Gasteiger partial charge on any atom is -0.302 e. The van der Waals surface area contributed by atoms with Gasteiger partial charge in [-0.05, 0) is 30.5 Å². The summed E-state index contributed by atoms with van der Waals surface area (Å²) in [6.07, 6.45) is 1.24. The molecular formula is C14H16N6OS. The molecule has 0 spiro atoms. The van der Waals surface area contributed by atoms with Crippen LogP contribution in [0.15, 0.2) is 5.11 Å². The second-order valence-corrected chi connectivity index (χ2v) is 6.86. The quantitative estimate of drug-likeness (QED) is 0.486. The van der Waals surface area contributed by atoms with E-state index in [9.17, 15) is 10.1 Å². The van der Waals surface area contributed by atoms with E-state index in [1.165, 1.54) is 4.88 Å². The molecule has 0 aromatic carbocycles. The highest BCUT2D eigenvalue weighted by Gasteiger charge is 2.34. The first-order valence-corrected chi connectivity index (χ1v) is 8.00. The van der Waals surface area contributed by atoms with Crippen LogP contribution in [0.3, 0.4) is 0 Å². The average molecular weight is 316 g/mol. The fraction of sp³-hybridized carbons (Fsp3) is 0.571. The van der Waals surface area contributed by atoms with Crippen molar-refractivity contribution in [3.05, 3.63) is 26.4 Å². The van der Waals surface area contributed by atoms with Crippen molar-refractivity contribution in [1.29, 1.82) is 5.26 Å². The van der Waals surface area contributed by atoms with Crippen molar-refractivity contribution in [1.82, 2.24) is 4.90 Å². The Morgan fingerprint density at radius 1 is 1.59 bits per heavy atom. The van der Waals surface area contributed by atoms with Gasteiger partial charge in [0.2, 0.25) is 5.91 Å². The molecule has 1 atom stereocenters. The molecule has 0 saturated carbocycles. The Morgan fingerprint density at radius 3 is 3.14 bits per heavy atom.